The summed E-state index contributed by atoms with van der Waals surface area (Å²) in [5.41, 5.74) is 10.3. The molecule has 0 bridgehead atoms. The van der Waals surface area contributed by atoms with Crippen LogP contribution < -0.4 is 10.5 Å². The molecule has 0 aromatic heterocycles. The maximum absolute atomic E-state index is 5.94. The predicted molar refractivity (Wildman–Crippen MR) is 74.6 cm³/mol. The van der Waals surface area contributed by atoms with Crippen LogP contribution in [0.25, 0.3) is 0 Å². The molecular formula is C15H23NO. The number of benzene rings is 1. The van der Waals surface area contributed by atoms with Gasteiger partial charge in [0, 0.05) is 5.69 Å². The van der Waals surface area contributed by atoms with Gasteiger partial charge in [-0.3, -0.25) is 0 Å². The van der Waals surface area contributed by atoms with E-state index in [0.29, 0.717) is 12.5 Å². The zero-order chi connectivity index (χ0) is 13.0. The fourth-order valence-corrected chi connectivity index (χ4v) is 1.59. The Morgan fingerprint density at radius 1 is 1.35 bits per heavy atom. The van der Waals surface area contributed by atoms with E-state index in [1.807, 2.05) is 19.1 Å². The third-order valence-electron chi connectivity index (χ3n) is 2.75. The Morgan fingerprint density at radius 3 is 2.53 bits per heavy atom. The van der Waals surface area contributed by atoms with E-state index in [2.05, 4.69) is 33.8 Å². The van der Waals surface area contributed by atoms with E-state index in [1.165, 1.54) is 11.1 Å². The molecule has 0 atom stereocenters. The van der Waals surface area contributed by atoms with Crippen molar-refractivity contribution in [2.45, 2.75) is 40.5 Å². The van der Waals surface area contributed by atoms with Gasteiger partial charge in [-0.2, -0.15) is 0 Å². The van der Waals surface area contributed by atoms with Crippen LogP contribution in [0.3, 0.4) is 0 Å². The van der Waals surface area contributed by atoms with Crippen molar-refractivity contribution in [3.63, 3.8) is 0 Å². The van der Waals surface area contributed by atoms with Crippen LogP contribution in [0.1, 0.15) is 44.7 Å². The zero-order valence-electron chi connectivity index (χ0n) is 11.5. The van der Waals surface area contributed by atoms with Gasteiger partial charge in [0.05, 0.1) is 0 Å². The first-order valence-corrected chi connectivity index (χ1v) is 6.08. The highest BCUT2D eigenvalue weighted by Crippen LogP contribution is 2.30. The summed E-state index contributed by atoms with van der Waals surface area (Å²) in [6, 6.07) is 4.06. The Bertz CT molecular complexity index is 415. The average Bonchev–Trinajstić information content (AvgIpc) is 2.22. The van der Waals surface area contributed by atoms with E-state index in [4.69, 9.17) is 10.5 Å². The van der Waals surface area contributed by atoms with Crippen LogP contribution in [0.4, 0.5) is 5.69 Å². The van der Waals surface area contributed by atoms with Crippen molar-refractivity contribution in [3.8, 4) is 5.75 Å². The first-order chi connectivity index (χ1) is 7.91. The molecule has 0 heterocycles. The summed E-state index contributed by atoms with van der Waals surface area (Å²) in [7, 11) is 0. The van der Waals surface area contributed by atoms with E-state index in [0.717, 1.165) is 17.0 Å². The van der Waals surface area contributed by atoms with Crippen molar-refractivity contribution >= 4 is 5.69 Å². The second-order valence-electron chi connectivity index (χ2n) is 4.99. The van der Waals surface area contributed by atoms with Crippen molar-refractivity contribution < 1.29 is 4.74 Å². The van der Waals surface area contributed by atoms with Gasteiger partial charge in [0.15, 0.2) is 0 Å². The van der Waals surface area contributed by atoms with E-state index in [-0.39, 0.29) is 0 Å². The number of hydrogen-bond acceptors (Lipinski definition) is 2. The van der Waals surface area contributed by atoms with Gasteiger partial charge >= 0.3 is 0 Å². The summed E-state index contributed by atoms with van der Waals surface area (Å²) in [5, 5.41) is 0. The van der Waals surface area contributed by atoms with Crippen molar-refractivity contribution in [1.29, 1.82) is 0 Å². The molecule has 0 aliphatic rings. The molecule has 0 saturated heterocycles. The van der Waals surface area contributed by atoms with Crippen LogP contribution in [-0.2, 0) is 0 Å². The minimum absolute atomic E-state index is 0.416. The summed E-state index contributed by atoms with van der Waals surface area (Å²) >= 11 is 0. The lowest BCUT2D eigenvalue weighted by Crippen LogP contribution is -2.02. The quantitative estimate of drug-likeness (QED) is 0.629. The minimum Gasteiger partial charge on any atom is -0.489 e. The van der Waals surface area contributed by atoms with Crippen LogP contribution in [0.2, 0.25) is 0 Å². The number of ether oxygens (including phenoxy) is 1. The summed E-state index contributed by atoms with van der Waals surface area (Å²) in [6.07, 6.45) is 2.08. The molecule has 1 aromatic carbocycles. The lowest BCUT2D eigenvalue weighted by molar-refractivity contribution is 0.356. The van der Waals surface area contributed by atoms with Gasteiger partial charge in [-0.15, -0.1) is 0 Å². The van der Waals surface area contributed by atoms with Gasteiger partial charge in [-0.05, 0) is 56.0 Å². The molecular weight excluding hydrogens is 210 g/mol. The van der Waals surface area contributed by atoms with Crippen molar-refractivity contribution in [2.24, 2.45) is 0 Å². The lowest BCUT2D eigenvalue weighted by Gasteiger charge is -2.15. The summed E-state index contributed by atoms with van der Waals surface area (Å²) < 4.78 is 5.81. The molecule has 0 radical (unpaired) electrons. The van der Waals surface area contributed by atoms with E-state index < -0.39 is 0 Å². The fraction of sp³-hybridized carbons (Fsp3) is 0.467. The lowest BCUT2D eigenvalue weighted by atomic mass is 9.99. The molecule has 0 spiro atoms. The van der Waals surface area contributed by atoms with Crippen molar-refractivity contribution in [3.05, 3.63) is 34.9 Å². The molecule has 0 aliphatic carbocycles. The average molecular weight is 233 g/mol. The van der Waals surface area contributed by atoms with Gasteiger partial charge in [0.2, 0.25) is 0 Å². The highest BCUT2D eigenvalue weighted by molar-refractivity contribution is 5.55. The molecule has 0 aliphatic heterocycles. The van der Waals surface area contributed by atoms with Crippen LogP contribution in [0, 0.1) is 6.92 Å². The second-order valence-corrected chi connectivity index (χ2v) is 4.99. The highest BCUT2D eigenvalue weighted by atomic mass is 16.5. The Balaban J connectivity index is 2.96. The maximum Gasteiger partial charge on any atom is 0.123 e. The topological polar surface area (TPSA) is 35.2 Å². The van der Waals surface area contributed by atoms with E-state index >= 15 is 0 Å². The Morgan fingerprint density at radius 2 is 2.00 bits per heavy atom. The molecule has 1 rings (SSSR count). The smallest absolute Gasteiger partial charge is 0.123 e. The number of hydrogen-bond donors (Lipinski definition) is 1. The van der Waals surface area contributed by atoms with Crippen molar-refractivity contribution in [2.75, 3.05) is 12.3 Å². The molecule has 1 aromatic rings. The molecule has 0 fully saturated rings. The fourth-order valence-electron chi connectivity index (χ4n) is 1.59. The molecule has 0 saturated carbocycles. The third kappa shape index (κ3) is 3.81. The van der Waals surface area contributed by atoms with E-state index in [9.17, 15) is 0 Å². The maximum atomic E-state index is 5.94. The van der Waals surface area contributed by atoms with Crippen LogP contribution in [-0.4, -0.2) is 6.61 Å². The SMILES string of the molecule is CC(C)=CCOc1cc(C)c(N)cc1C(C)C. The Kier molecular flexibility index (Phi) is 4.62. The van der Waals surface area contributed by atoms with Gasteiger partial charge < -0.3 is 10.5 Å². The Labute approximate surface area is 104 Å². The third-order valence-corrected chi connectivity index (χ3v) is 2.75. The number of anilines is 1. The minimum atomic E-state index is 0.416. The molecule has 0 unspecified atom stereocenters. The molecule has 17 heavy (non-hydrogen) atoms. The zero-order valence-corrected chi connectivity index (χ0v) is 11.5. The number of allylic oxidation sites excluding steroid dienone is 1. The molecule has 94 valence electrons. The first kappa shape index (κ1) is 13.6. The molecule has 2 heteroatoms. The molecule has 0 amide bonds. The summed E-state index contributed by atoms with van der Waals surface area (Å²) in [6.45, 7) is 11.1. The normalized spacial score (nSPS) is 10.5. The second kappa shape index (κ2) is 5.76. The van der Waals surface area contributed by atoms with Crippen LogP contribution in [0.15, 0.2) is 23.8 Å². The van der Waals surface area contributed by atoms with Gasteiger partial charge in [0.1, 0.15) is 12.4 Å². The Hall–Kier alpha value is -1.44. The van der Waals surface area contributed by atoms with Gasteiger partial charge in [-0.1, -0.05) is 19.4 Å². The van der Waals surface area contributed by atoms with Crippen molar-refractivity contribution in [1.82, 2.24) is 0 Å². The van der Waals surface area contributed by atoms with Crippen LogP contribution >= 0.6 is 0 Å². The number of nitrogens with two attached hydrogens (primary N) is 1. The summed E-state index contributed by atoms with van der Waals surface area (Å²) in [4.78, 5) is 0. The van der Waals surface area contributed by atoms with Crippen LogP contribution in [0.5, 0.6) is 5.75 Å². The molecule has 2 N–H and O–H groups in total. The van der Waals surface area contributed by atoms with Gasteiger partial charge in [0.25, 0.3) is 0 Å². The largest absolute Gasteiger partial charge is 0.489 e. The monoisotopic (exact) mass is 233 g/mol. The first-order valence-electron chi connectivity index (χ1n) is 6.08. The number of rotatable bonds is 4. The predicted octanol–water partition coefficient (Wildman–Crippen LogP) is 4.05. The number of nitrogen functional groups attached to an aromatic ring is 1. The number of aryl methyl sites for hydroxylation is 1. The van der Waals surface area contributed by atoms with E-state index in [1.54, 1.807) is 0 Å². The standard InChI is InChI=1S/C15H23NO/c1-10(2)6-7-17-15-8-12(5)14(16)9-13(15)11(3)4/h6,8-9,11H,7,16H2,1-5H3. The summed E-state index contributed by atoms with van der Waals surface area (Å²) in [5.74, 6) is 1.36. The highest BCUT2D eigenvalue weighted by Gasteiger charge is 2.10. The molecule has 2 nitrogen and oxygen atoms in total. The van der Waals surface area contributed by atoms with Gasteiger partial charge in [-0.25, -0.2) is 0 Å².